The zero-order valence-electron chi connectivity index (χ0n) is 14.0. The molecule has 3 aromatic rings. The maximum absolute atomic E-state index is 3.48. The Morgan fingerprint density at radius 2 is 1.54 bits per heavy atom. The van der Waals surface area contributed by atoms with Crippen LogP contribution in [-0.4, -0.2) is 23.0 Å². The first-order valence-corrected chi connectivity index (χ1v) is 9.31. The number of nitrogens with one attached hydrogen (secondary N) is 1. The average Bonchev–Trinajstić information content (AvgIpc) is 3.24. The Kier molecular flexibility index (Phi) is 3.45. The minimum atomic E-state index is 0.518. The number of piperidine rings is 1. The highest BCUT2D eigenvalue weighted by Crippen LogP contribution is 2.48. The Morgan fingerprint density at radius 1 is 0.792 bits per heavy atom. The molecule has 2 nitrogen and oxygen atoms in total. The predicted molar refractivity (Wildman–Crippen MR) is 99.4 cm³/mol. The SMILES string of the molecule is c1ccc2c(c1)[C@@H](c1c[nH]c3ccccc13)C[C@H]2N1CCCCC1. The Balaban J connectivity index is 1.58. The second-order valence-electron chi connectivity index (χ2n) is 7.32. The van der Waals surface area contributed by atoms with Crippen LogP contribution in [0.1, 0.15) is 54.3 Å². The first kappa shape index (κ1) is 14.3. The third-order valence-electron chi connectivity index (χ3n) is 6.02. The number of likely N-dealkylation sites (tertiary alicyclic amines) is 1. The van der Waals surface area contributed by atoms with E-state index in [2.05, 4.69) is 64.6 Å². The highest BCUT2D eigenvalue weighted by Gasteiger charge is 2.36. The van der Waals surface area contributed by atoms with E-state index in [1.54, 1.807) is 5.56 Å². The summed E-state index contributed by atoms with van der Waals surface area (Å²) in [6, 6.07) is 18.5. The topological polar surface area (TPSA) is 19.0 Å². The lowest BCUT2D eigenvalue weighted by Crippen LogP contribution is -2.32. The second-order valence-corrected chi connectivity index (χ2v) is 7.32. The summed E-state index contributed by atoms with van der Waals surface area (Å²) in [6.45, 7) is 2.53. The van der Waals surface area contributed by atoms with Crippen molar-refractivity contribution < 1.29 is 0 Å². The number of aromatic nitrogens is 1. The third kappa shape index (κ3) is 2.21. The summed E-state index contributed by atoms with van der Waals surface area (Å²) in [5.41, 5.74) is 5.83. The van der Waals surface area contributed by atoms with Gasteiger partial charge in [0.15, 0.2) is 0 Å². The van der Waals surface area contributed by atoms with Crippen molar-refractivity contribution in [2.45, 2.75) is 37.6 Å². The van der Waals surface area contributed by atoms with Crippen LogP contribution in [0.5, 0.6) is 0 Å². The van der Waals surface area contributed by atoms with Crippen LogP contribution in [0.4, 0.5) is 0 Å². The molecule has 2 aromatic carbocycles. The van der Waals surface area contributed by atoms with Gasteiger partial charge < -0.3 is 4.98 Å². The van der Waals surface area contributed by atoms with Crippen molar-refractivity contribution in [3.05, 3.63) is 71.4 Å². The molecule has 2 aliphatic rings. The average molecular weight is 316 g/mol. The number of H-pyrrole nitrogens is 1. The van der Waals surface area contributed by atoms with Crippen molar-refractivity contribution >= 4 is 10.9 Å². The minimum absolute atomic E-state index is 0.518. The van der Waals surface area contributed by atoms with Crippen LogP contribution in [0.2, 0.25) is 0 Å². The lowest BCUT2D eigenvalue weighted by Gasteiger charge is -2.33. The molecule has 0 radical (unpaired) electrons. The van der Waals surface area contributed by atoms with Gasteiger partial charge in [-0.2, -0.15) is 0 Å². The summed E-state index contributed by atoms with van der Waals surface area (Å²) in [6.07, 6.45) is 7.58. The largest absolute Gasteiger partial charge is 0.361 e. The number of benzene rings is 2. The van der Waals surface area contributed by atoms with Gasteiger partial charge in [0.05, 0.1) is 0 Å². The molecule has 122 valence electrons. The summed E-state index contributed by atoms with van der Waals surface area (Å²) in [5, 5.41) is 1.39. The molecule has 5 rings (SSSR count). The van der Waals surface area contributed by atoms with Crippen molar-refractivity contribution in [1.29, 1.82) is 0 Å². The van der Waals surface area contributed by atoms with Crippen molar-refractivity contribution in [2.24, 2.45) is 0 Å². The molecule has 0 bridgehead atoms. The first-order chi connectivity index (χ1) is 11.9. The molecular weight excluding hydrogens is 292 g/mol. The van der Waals surface area contributed by atoms with E-state index in [1.165, 1.54) is 60.8 Å². The fraction of sp³-hybridized carbons (Fsp3) is 0.364. The maximum Gasteiger partial charge on any atom is 0.0457 e. The summed E-state index contributed by atoms with van der Waals surface area (Å²) in [5.74, 6) is 0.518. The van der Waals surface area contributed by atoms with E-state index in [-0.39, 0.29) is 0 Å². The summed E-state index contributed by atoms with van der Waals surface area (Å²) in [4.78, 5) is 6.21. The van der Waals surface area contributed by atoms with Gasteiger partial charge in [0.25, 0.3) is 0 Å². The van der Waals surface area contributed by atoms with Gasteiger partial charge in [-0.15, -0.1) is 0 Å². The Labute approximate surface area is 143 Å². The molecule has 1 aromatic heterocycles. The van der Waals surface area contributed by atoms with Gasteiger partial charge in [0.1, 0.15) is 0 Å². The molecule has 0 spiro atoms. The van der Waals surface area contributed by atoms with Gasteiger partial charge in [-0.1, -0.05) is 48.9 Å². The number of para-hydroxylation sites is 1. The minimum Gasteiger partial charge on any atom is -0.361 e. The lowest BCUT2D eigenvalue weighted by molar-refractivity contribution is 0.161. The third-order valence-corrected chi connectivity index (χ3v) is 6.02. The van der Waals surface area contributed by atoms with Crippen molar-refractivity contribution in [3.8, 4) is 0 Å². The molecule has 1 N–H and O–H groups in total. The number of hydrogen-bond acceptors (Lipinski definition) is 1. The molecule has 2 heterocycles. The number of aromatic amines is 1. The fourth-order valence-corrected chi connectivity index (χ4v) is 4.86. The molecule has 1 fully saturated rings. The van der Waals surface area contributed by atoms with Gasteiger partial charge in [0, 0.05) is 29.1 Å². The fourth-order valence-electron chi connectivity index (χ4n) is 4.86. The van der Waals surface area contributed by atoms with Gasteiger partial charge in [-0.25, -0.2) is 0 Å². The molecule has 1 saturated heterocycles. The molecular formula is C22H24N2. The van der Waals surface area contributed by atoms with E-state index < -0.39 is 0 Å². The number of hydrogen-bond donors (Lipinski definition) is 1. The Hall–Kier alpha value is -2.06. The predicted octanol–water partition coefficient (Wildman–Crippen LogP) is 5.23. The van der Waals surface area contributed by atoms with Crippen LogP contribution in [-0.2, 0) is 0 Å². The van der Waals surface area contributed by atoms with Gasteiger partial charge >= 0.3 is 0 Å². The number of fused-ring (bicyclic) bond motifs is 2. The number of rotatable bonds is 2. The van der Waals surface area contributed by atoms with Gasteiger partial charge in [-0.3, -0.25) is 4.90 Å². The van der Waals surface area contributed by atoms with Crippen molar-refractivity contribution in [2.75, 3.05) is 13.1 Å². The summed E-state index contributed by atoms with van der Waals surface area (Å²) in [7, 11) is 0. The molecule has 0 saturated carbocycles. The summed E-state index contributed by atoms with van der Waals surface area (Å²) >= 11 is 0. The zero-order valence-corrected chi connectivity index (χ0v) is 14.0. The van der Waals surface area contributed by atoms with E-state index in [4.69, 9.17) is 0 Å². The molecule has 1 aliphatic heterocycles. The molecule has 1 aliphatic carbocycles. The highest BCUT2D eigenvalue weighted by molar-refractivity contribution is 5.84. The Bertz CT molecular complexity index is 857. The van der Waals surface area contributed by atoms with Crippen LogP contribution in [0, 0.1) is 0 Å². The normalized spacial score (nSPS) is 24.3. The van der Waals surface area contributed by atoms with Crippen LogP contribution in [0.15, 0.2) is 54.7 Å². The van der Waals surface area contributed by atoms with Crippen molar-refractivity contribution in [1.82, 2.24) is 9.88 Å². The van der Waals surface area contributed by atoms with E-state index in [9.17, 15) is 0 Å². The van der Waals surface area contributed by atoms with Crippen LogP contribution in [0.25, 0.3) is 10.9 Å². The van der Waals surface area contributed by atoms with Crippen LogP contribution >= 0.6 is 0 Å². The van der Waals surface area contributed by atoms with E-state index >= 15 is 0 Å². The molecule has 24 heavy (non-hydrogen) atoms. The molecule has 2 heteroatoms. The van der Waals surface area contributed by atoms with Crippen LogP contribution < -0.4 is 0 Å². The van der Waals surface area contributed by atoms with Crippen molar-refractivity contribution in [3.63, 3.8) is 0 Å². The molecule has 0 amide bonds. The first-order valence-electron chi connectivity index (χ1n) is 9.31. The van der Waals surface area contributed by atoms with E-state index in [0.29, 0.717) is 12.0 Å². The number of nitrogens with zero attached hydrogens (tertiary/aromatic N) is 1. The van der Waals surface area contributed by atoms with Gasteiger partial charge in [0.2, 0.25) is 0 Å². The molecule has 2 atom stereocenters. The molecule has 0 unspecified atom stereocenters. The van der Waals surface area contributed by atoms with E-state index in [1.807, 2.05) is 0 Å². The maximum atomic E-state index is 3.48. The van der Waals surface area contributed by atoms with Gasteiger partial charge in [-0.05, 0) is 55.1 Å². The zero-order chi connectivity index (χ0) is 15.9. The Morgan fingerprint density at radius 3 is 2.42 bits per heavy atom. The summed E-state index contributed by atoms with van der Waals surface area (Å²) < 4.78 is 0. The van der Waals surface area contributed by atoms with Crippen LogP contribution in [0.3, 0.4) is 0 Å². The highest BCUT2D eigenvalue weighted by atomic mass is 15.2. The standard InChI is InChI=1S/C22H24N2/c1-6-12-24(13-7-1)22-14-19(16-8-2-3-10-18(16)22)20-15-23-21-11-5-4-9-17(20)21/h2-5,8-11,15,19,22-23H,1,6-7,12-14H2/t19-,22+/m0/s1. The second kappa shape index (κ2) is 5.78. The van der Waals surface area contributed by atoms with E-state index in [0.717, 1.165) is 0 Å². The smallest absolute Gasteiger partial charge is 0.0457 e. The lowest BCUT2D eigenvalue weighted by atomic mass is 9.92. The quantitative estimate of drug-likeness (QED) is 0.686. The monoisotopic (exact) mass is 316 g/mol.